The number of nitrogens with one attached hydrogen (secondary N) is 1. The fourth-order valence-corrected chi connectivity index (χ4v) is 2.73. The second kappa shape index (κ2) is 7.64. The lowest BCUT2D eigenvalue weighted by Crippen LogP contribution is -2.33. The topological polar surface area (TPSA) is 106 Å². The molecule has 0 aromatic heterocycles. The SMILES string of the molecule is NC(=O)CCS(=O)(=O)CC(=O)NCCc1ccccc1. The molecule has 1 aromatic rings. The molecule has 110 valence electrons. The van der Waals surface area contributed by atoms with Crippen LogP contribution in [0.2, 0.25) is 0 Å². The molecule has 0 radical (unpaired) electrons. The molecular weight excluding hydrogens is 280 g/mol. The Hall–Kier alpha value is -1.89. The van der Waals surface area contributed by atoms with E-state index in [1.165, 1.54) is 0 Å². The molecule has 0 unspecified atom stereocenters. The summed E-state index contributed by atoms with van der Waals surface area (Å²) in [5.41, 5.74) is 5.93. The Labute approximate surface area is 118 Å². The maximum atomic E-state index is 11.5. The number of hydrogen-bond donors (Lipinski definition) is 2. The number of amides is 2. The summed E-state index contributed by atoms with van der Waals surface area (Å²) in [7, 11) is -3.58. The van der Waals surface area contributed by atoms with Crippen LogP contribution in [0.4, 0.5) is 0 Å². The Bertz CT molecular complexity index is 555. The van der Waals surface area contributed by atoms with Gasteiger partial charge in [0.05, 0.1) is 5.75 Å². The van der Waals surface area contributed by atoms with Crippen molar-refractivity contribution in [2.75, 3.05) is 18.1 Å². The van der Waals surface area contributed by atoms with Gasteiger partial charge >= 0.3 is 0 Å². The van der Waals surface area contributed by atoms with Crippen molar-refractivity contribution >= 4 is 21.7 Å². The Morgan fingerprint density at radius 1 is 1.15 bits per heavy atom. The summed E-state index contributed by atoms with van der Waals surface area (Å²) >= 11 is 0. The van der Waals surface area contributed by atoms with E-state index in [9.17, 15) is 18.0 Å². The third-order valence-electron chi connectivity index (χ3n) is 2.59. The van der Waals surface area contributed by atoms with Crippen molar-refractivity contribution in [2.45, 2.75) is 12.8 Å². The molecule has 2 amide bonds. The lowest BCUT2D eigenvalue weighted by Gasteiger charge is -2.06. The zero-order chi connectivity index (χ0) is 15.0. The third kappa shape index (κ3) is 6.89. The van der Waals surface area contributed by atoms with Gasteiger partial charge in [0.1, 0.15) is 5.75 Å². The molecule has 6 nitrogen and oxygen atoms in total. The van der Waals surface area contributed by atoms with Crippen molar-refractivity contribution in [2.24, 2.45) is 5.73 Å². The van der Waals surface area contributed by atoms with E-state index in [2.05, 4.69) is 5.32 Å². The van der Waals surface area contributed by atoms with E-state index in [-0.39, 0.29) is 6.42 Å². The standard InChI is InChI=1S/C13H18N2O4S/c14-12(16)7-9-20(18,19)10-13(17)15-8-6-11-4-2-1-3-5-11/h1-5H,6-10H2,(H2,14,16)(H,15,17). The molecule has 0 aliphatic rings. The Morgan fingerprint density at radius 3 is 2.40 bits per heavy atom. The molecule has 7 heteroatoms. The van der Waals surface area contributed by atoms with E-state index < -0.39 is 33.2 Å². The summed E-state index contributed by atoms with van der Waals surface area (Å²) in [5, 5.41) is 2.54. The first-order valence-electron chi connectivity index (χ1n) is 6.18. The highest BCUT2D eigenvalue weighted by Gasteiger charge is 2.17. The second-order valence-corrected chi connectivity index (χ2v) is 6.58. The van der Waals surface area contributed by atoms with Crippen LogP contribution in [-0.2, 0) is 25.8 Å². The number of nitrogens with two attached hydrogens (primary N) is 1. The largest absolute Gasteiger partial charge is 0.370 e. The smallest absolute Gasteiger partial charge is 0.235 e. The Balaban J connectivity index is 2.31. The fourth-order valence-electron chi connectivity index (χ4n) is 1.57. The van der Waals surface area contributed by atoms with Crippen LogP contribution in [0.15, 0.2) is 30.3 Å². The first-order valence-corrected chi connectivity index (χ1v) is 8.00. The number of carbonyl (C=O) groups excluding carboxylic acids is 2. The summed E-state index contributed by atoms with van der Waals surface area (Å²) in [6, 6.07) is 9.54. The van der Waals surface area contributed by atoms with Crippen LogP contribution in [-0.4, -0.2) is 38.3 Å². The van der Waals surface area contributed by atoms with Crippen molar-refractivity contribution in [3.63, 3.8) is 0 Å². The van der Waals surface area contributed by atoms with Gasteiger partial charge in [0.25, 0.3) is 0 Å². The molecule has 0 heterocycles. The molecule has 0 aliphatic carbocycles. The third-order valence-corrected chi connectivity index (χ3v) is 4.12. The predicted molar refractivity (Wildman–Crippen MR) is 75.6 cm³/mol. The molecule has 0 saturated heterocycles. The van der Waals surface area contributed by atoms with Gasteiger partial charge in [-0.15, -0.1) is 0 Å². The fraction of sp³-hybridized carbons (Fsp3) is 0.385. The zero-order valence-electron chi connectivity index (χ0n) is 11.0. The molecule has 0 spiro atoms. The first kappa shape index (κ1) is 16.2. The van der Waals surface area contributed by atoms with Gasteiger partial charge in [0, 0.05) is 13.0 Å². The number of hydrogen-bond acceptors (Lipinski definition) is 4. The average Bonchev–Trinajstić information content (AvgIpc) is 2.37. The van der Waals surface area contributed by atoms with Gasteiger partial charge in [-0.1, -0.05) is 30.3 Å². The minimum absolute atomic E-state index is 0.264. The van der Waals surface area contributed by atoms with Crippen molar-refractivity contribution in [3.8, 4) is 0 Å². The van der Waals surface area contributed by atoms with Crippen LogP contribution in [0.5, 0.6) is 0 Å². The van der Waals surface area contributed by atoms with Crippen LogP contribution in [0.1, 0.15) is 12.0 Å². The van der Waals surface area contributed by atoms with Crippen molar-refractivity contribution < 1.29 is 18.0 Å². The quantitative estimate of drug-likeness (QED) is 0.683. The highest BCUT2D eigenvalue weighted by Crippen LogP contribution is 1.98. The summed E-state index contributed by atoms with van der Waals surface area (Å²) in [6.45, 7) is 0.369. The number of primary amides is 1. The number of rotatable bonds is 8. The average molecular weight is 298 g/mol. The summed E-state index contributed by atoms with van der Waals surface area (Å²) in [5.74, 6) is -2.27. The molecule has 0 fully saturated rings. The van der Waals surface area contributed by atoms with Crippen molar-refractivity contribution in [1.82, 2.24) is 5.32 Å². The highest BCUT2D eigenvalue weighted by atomic mass is 32.2. The van der Waals surface area contributed by atoms with Crippen molar-refractivity contribution in [3.05, 3.63) is 35.9 Å². The van der Waals surface area contributed by atoms with E-state index in [0.717, 1.165) is 5.56 Å². The maximum absolute atomic E-state index is 11.5. The molecule has 0 bridgehead atoms. The van der Waals surface area contributed by atoms with Gasteiger partial charge in [-0.25, -0.2) is 8.42 Å². The molecular formula is C13H18N2O4S. The van der Waals surface area contributed by atoms with Crippen LogP contribution in [0, 0.1) is 0 Å². The molecule has 1 aromatic carbocycles. The van der Waals surface area contributed by atoms with Gasteiger partial charge in [-0.3, -0.25) is 9.59 Å². The van der Waals surface area contributed by atoms with E-state index in [0.29, 0.717) is 13.0 Å². The van der Waals surface area contributed by atoms with E-state index in [1.807, 2.05) is 30.3 Å². The van der Waals surface area contributed by atoms with Crippen molar-refractivity contribution in [1.29, 1.82) is 0 Å². The monoisotopic (exact) mass is 298 g/mol. The molecule has 0 saturated carbocycles. The minimum Gasteiger partial charge on any atom is -0.370 e. The van der Waals surface area contributed by atoms with Crippen LogP contribution < -0.4 is 11.1 Å². The number of sulfone groups is 1. The van der Waals surface area contributed by atoms with Gasteiger partial charge in [-0.2, -0.15) is 0 Å². The lowest BCUT2D eigenvalue weighted by molar-refractivity contribution is -0.119. The predicted octanol–water partition coefficient (Wildman–Crippen LogP) is -0.364. The Kier molecular flexibility index (Phi) is 6.17. The van der Waals surface area contributed by atoms with Gasteiger partial charge in [-0.05, 0) is 12.0 Å². The van der Waals surface area contributed by atoms with Gasteiger partial charge < -0.3 is 11.1 Å². The van der Waals surface area contributed by atoms with Gasteiger partial charge in [0.15, 0.2) is 9.84 Å². The summed E-state index contributed by atoms with van der Waals surface area (Å²) in [6.07, 6.45) is 0.369. The molecule has 20 heavy (non-hydrogen) atoms. The Morgan fingerprint density at radius 2 is 1.80 bits per heavy atom. The normalized spacial score (nSPS) is 11.0. The number of carbonyl (C=O) groups is 2. The molecule has 3 N–H and O–H groups in total. The van der Waals surface area contributed by atoms with E-state index in [4.69, 9.17) is 5.73 Å². The molecule has 0 aliphatic heterocycles. The summed E-state index contributed by atoms with van der Waals surface area (Å²) in [4.78, 5) is 22.0. The molecule has 0 atom stereocenters. The number of benzene rings is 1. The summed E-state index contributed by atoms with van der Waals surface area (Å²) < 4.78 is 23.0. The molecule has 1 rings (SSSR count). The van der Waals surface area contributed by atoms with Crippen LogP contribution in [0.25, 0.3) is 0 Å². The first-order chi connectivity index (χ1) is 9.39. The maximum Gasteiger partial charge on any atom is 0.235 e. The van der Waals surface area contributed by atoms with E-state index >= 15 is 0 Å². The van der Waals surface area contributed by atoms with Crippen LogP contribution in [0.3, 0.4) is 0 Å². The van der Waals surface area contributed by atoms with Crippen LogP contribution >= 0.6 is 0 Å². The van der Waals surface area contributed by atoms with Gasteiger partial charge in [0.2, 0.25) is 11.8 Å². The minimum atomic E-state index is -3.58. The second-order valence-electron chi connectivity index (χ2n) is 4.39. The van der Waals surface area contributed by atoms with E-state index in [1.54, 1.807) is 0 Å². The lowest BCUT2D eigenvalue weighted by atomic mass is 10.1. The highest BCUT2D eigenvalue weighted by molar-refractivity contribution is 7.92. The zero-order valence-corrected chi connectivity index (χ0v) is 11.9.